The zero-order valence-electron chi connectivity index (χ0n) is 25.0. The lowest BCUT2D eigenvalue weighted by molar-refractivity contribution is 0.346. The number of hydrogen-bond donors (Lipinski definition) is 2. The molecule has 0 radical (unpaired) electrons. The average molecular weight is 571 g/mol. The monoisotopic (exact) mass is 570 g/mol. The summed E-state index contributed by atoms with van der Waals surface area (Å²) in [6.45, 7) is 0. The first-order valence-corrected chi connectivity index (χ1v) is 15.8. The molecule has 0 saturated heterocycles. The van der Waals surface area contributed by atoms with Crippen LogP contribution in [0.15, 0.2) is 158 Å². The van der Waals surface area contributed by atoms with Crippen molar-refractivity contribution in [3.8, 4) is 22.3 Å². The van der Waals surface area contributed by atoms with E-state index in [4.69, 9.17) is 0 Å². The molecule has 6 aromatic carbocycles. The van der Waals surface area contributed by atoms with Crippen LogP contribution >= 0.6 is 0 Å². The van der Waals surface area contributed by atoms with Crippen molar-refractivity contribution < 1.29 is 0 Å². The molecule has 0 amide bonds. The predicted octanol–water partition coefficient (Wildman–Crippen LogP) is 11.8. The highest BCUT2D eigenvalue weighted by Crippen LogP contribution is 2.46. The van der Waals surface area contributed by atoms with Crippen molar-refractivity contribution in [3.05, 3.63) is 169 Å². The molecular formula is C42H38N2. The summed E-state index contributed by atoms with van der Waals surface area (Å²) in [5.41, 5.74) is 12.2. The summed E-state index contributed by atoms with van der Waals surface area (Å²) >= 11 is 0. The van der Waals surface area contributed by atoms with Gasteiger partial charge in [-0.15, -0.1) is 0 Å². The van der Waals surface area contributed by atoms with Gasteiger partial charge in [0.15, 0.2) is 0 Å². The van der Waals surface area contributed by atoms with Crippen LogP contribution in [0.1, 0.15) is 43.2 Å². The summed E-state index contributed by atoms with van der Waals surface area (Å²) < 4.78 is 0. The molecule has 0 unspecified atom stereocenters. The van der Waals surface area contributed by atoms with Crippen LogP contribution in [-0.2, 0) is 5.41 Å². The van der Waals surface area contributed by atoms with E-state index in [1.54, 1.807) is 0 Å². The van der Waals surface area contributed by atoms with Crippen LogP contribution < -0.4 is 10.6 Å². The van der Waals surface area contributed by atoms with Crippen LogP contribution in [0, 0.1) is 0 Å². The van der Waals surface area contributed by atoms with E-state index in [1.807, 2.05) is 0 Å². The van der Waals surface area contributed by atoms with Gasteiger partial charge in [-0.3, -0.25) is 0 Å². The minimum Gasteiger partial charge on any atom is -0.355 e. The molecule has 7 rings (SSSR count). The molecule has 1 aliphatic carbocycles. The number of hydrogen-bond acceptors (Lipinski definition) is 2. The van der Waals surface area contributed by atoms with Gasteiger partial charge in [-0.05, 0) is 71.5 Å². The first-order valence-electron chi connectivity index (χ1n) is 15.8. The summed E-state index contributed by atoms with van der Waals surface area (Å²) in [6.07, 6.45) is 6.19. The van der Waals surface area contributed by atoms with Crippen LogP contribution in [0.5, 0.6) is 0 Å². The molecule has 44 heavy (non-hydrogen) atoms. The van der Waals surface area contributed by atoms with Gasteiger partial charge in [-0.1, -0.05) is 141 Å². The molecule has 216 valence electrons. The van der Waals surface area contributed by atoms with Gasteiger partial charge in [0, 0.05) is 39.3 Å². The summed E-state index contributed by atoms with van der Waals surface area (Å²) in [7, 11) is 0. The second kappa shape index (κ2) is 12.7. The van der Waals surface area contributed by atoms with Gasteiger partial charge in [-0.2, -0.15) is 0 Å². The first kappa shape index (κ1) is 27.7. The van der Waals surface area contributed by atoms with Gasteiger partial charge in [0.05, 0.1) is 0 Å². The molecule has 2 heteroatoms. The summed E-state index contributed by atoms with van der Waals surface area (Å²) in [5, 5.41) is 7.38. The second-order valence-electron chi connectivity index (χ2n) is 11.9. The molecule has 1 aliphatic rings. The Labute approximate surface area is 261 Å². The van der Waals surface area contributed by atoms with Crippen LogP contribution in [0.2, 0.25) is 0 Å². The van der Waals surface area contributed by atoms with Gasteiger partial charge >= 0.3 is 0 Å². The zero-order chi connectivity index (χ0) is 29.6. The van der Waals surface area contributed by atoms with Crippen molar-refractivity contribution in [2.24, 2.45) is 0 Å². The van der Waals surface area contributed by atoms with Gasteiger partial charge < -0.3 is 10.6 Å². The smallest absolute Gasteiger partial charge is 0.0463 e. The Morgan fingerprint density at radius 1 is 0.364 bits per heavy atom. The normalized spacial score (nSPS) is 14.1. The lowest BCUT2D eigenvalue weighted by Gasteiger charge is -2.39. The van der Waals surface area contributed by atoms with Crippen molar-refractivity contribution in [2.45, 2.75) is 37.5 Å². The predicted molar refractivity (Wildman–Crippen MR) is 187 cm³/mol. The molecule has 1 saturated carbocycles. The maximum Gasteiger partial charge on any atom is 0.0463 e. The van der Waals surface area contributed by atoms with Crippen molar-refractivity contribution in [1.82, 2.24) is 0 Å². The van der Waals surface area contributed by atoms with Gasteiger partial charge in [0.1, 0.15) is 0 Å². The highest BCUT2D eigenvalue weighted by atomic mass is 14.9. The van der Waals surface area contributed by atoms with E-state index in [0.717, 1.165) is 22.7 Å². The fraction of sp³-hybridized carbons (Fsp3) is 0.143. The maximum absolute atomic E-state index is 3.69. The van der Waals surface area contributed by atoms with E-state index in [-0.39, 0.29) is 5.41 Å². The Bertz CT molecular complexity index is 1670. The highest BCUT2D eigenvalue weighted by molar-refractivity contribution is 5.82. The second-order valence-corrected chi connectivity index (χ2v) is 11.9. The quantitative estimate of drug-likeness (QED) is 0.190. The topological polar surface area (TPSA) is 24.1 Å². The molecule has 0 aromatic heterocycles. The van der Waals surface area contributed by atoms with E-state index in [9.17, 15) is 0 Å². The molecule has 2 N–H and O–H groups in total. The third kappa shape index (κ3) is 5.76. The van der Waals surface area contributed by atoms with Gasteiger partial charge in [-0.25, -0.2) is 0 Å². The molecule has 1 fully saturated rings. The van der Waals surface area contributed by atoms with Crippen LogP contribution in [-0.4, -0.2) is 0 Å². The van der Waals surface area contributed by atoms with Crippen molar-refractivity contribution in [1.29, 1.82) is 0 Å². The number of benzene rings is 6. The Kier molecular flexibility index (Phi) is 7.97. The largest absolute Gasteiger partial charge is 0.355 e. The highest BCUT2D eigenvalue weighted by Gasteiger charge is 2.35. The number of anilines is 4. The summed E-state index contributed by atoms with van der Waals surface area (Å²) in [4.78, 5) is 0. The first-order chi connectivity index (χ1) is 21.8. The fourth-order valence-corrected chi connectivity index (χ4v) is 6.88. The van der Waals surface area contributed by atoms with Crippen LogP contribution in [0.25, 0.3) is 22.3 Å². The minimum absolute atomic E-state index is 0.0409. The summed E-state index contributed by atoms with van der Waals surface area (Å²) in [5.74, 6) is 0. The molecule has 0 spiro atoms. The van der Waals surface area contributed by atoms with E-state index in [2.05, 4.69) is 168 Å². The Morgan fingerprint density at radius 3 is 1.18 bits per heavy atom. The molecular weight excluding hydrogens is 532 g/mol. The molecule has 6 aromatic rings. The van der Waals surface area contributed by atoms with Crippen LogP contribution in [0.3, 0.4) is 0 Å². The Balaban J connectivity index is 1.14. The number of rotatable bonds is 8. The molecule has 2 nitrogen and oxygen atoms in total. The van der Waals surface area contributed by atoms with E-state index in [1.165, 1.54) is 65.5 Å². The lowest BCUT2D eigenvalue weighted by atomic mass is 9.65. The van der Waals surface area contributed by atoms with Crippen LogP contribution in [0.4, 0.5) is 22.7 Å². The lowest BCUT2D eigenvalue weighted by Crippen LogP contribution is -2.30. The average Bonchev–Trinajstić information content (AvgIpc) is 3.10. The van der Waals surface area contributed by atoms with Crippen molar-refractivity contribution in [3.63, 3.8) is 0 Å². The van der Waals surface area contributed by atoms with Crippen molar-refractivity contribution >= 4 is 22.7 Å². The third-order valence-corrected chi connectivity index (χ3v) is 9.16. The molecule has 0 atom stereocenters. The maximum atomic E-state index is 3.69. The number of para-hydroxylation sites is 2. The van der Waals surface area contributed by atoms with E-state index >= 15 is 0 Å². The Hall–Kier alpha value is -5.08. The fourth-order valence-electron chi connectivity index (χ4n) is 6.88. The third-order valence-electron chi connectivity index (χ3n) is 9.16. The zero-order valence-corrected chi connectivity index (χ0v) is 25.0. The SMILES string of the molecule is c1ccc(-c2ccccc2Nc2ccc(C3(c4ccc(Nc5ccccc5-c5ccccc5)cc4)CCCCC3)cc2)cc1. The summed E-state index contributed by atoms with van der Waals surface area (Å²) in [6, 6.07) is 56.7. The number of nitrogens with one attached hydrogen (secondary N) is 2. The van der Waals surface area contributed by atoms with Gasteiger partial charge in [0.25, 0.3) is 0 Å². The van der Waals surface area contributed by atoms with Gasteiger partial charge in [0.2, 0.25) is 0 Å². The van der Waals surface area contributed by atoms with E-state index in [0.29, 0.717) is 0 Å². The Morgan fingerprint density at radius 2 is 0.750 bits per heavy atom. The molecule has 0 aliphatic heterocycles. The van der Waals surface area contributed by atoms with Crippen molar-refractivity contribution in [2.75, 3.05) is 10.6 Å². The minimum atomic E-state index is 0.0409. The standard InChI is InChI=1S/C42H38N2/c1-4-14-32(15-5-1)38-18-8-10-20-40(38)43-36-26-22-34(23-27-36)42(30-12-3-13-31-42)35-24-28-37(29-25-35)44-41-21-11-9-19-39(41)33-16-6-2-7-17-33/h1-2,4-11,14-29,43-44H,3,12-13,30-31H2. The molecule has 0 bridgehead atoms. The van der Waals surface area contributed by atoms with E-state index < -0.39 is 0 Å². The molecule has 0 heterocycles.